The smallest absolute Gasteiger partial charge is 0.220 e. The molecule has 0 aliphatic heterocycles. The third-order valence-electron chi connectivity index (χ3n) is 3.60. The van der Waals surface area contributed by atoms with Crippen molar-refractivity contribution in [2.45, 2.75) is 39.2 Å². The van der Waals surface area contributed by atoms with Crippen molar-refractivity contribution in [1.29, 1.82) is 0 Å². The number of nitrogens with one attached hydrogen (secondary N) is 1. The van der Waals surface area contributed by atoms with Crippen LogP contribution in [0, 0.1) is 11.7 Å². The van der Waals surface area contributed by atoms with Crippen LogP contribution in [0.5, 0.6) is 0 Å². The average Bonchev–Trinajstić information content (AvgIpc) is 3.01. The van der Waals surface area contributed by atoms with Crippen LogP contribution >= 0.6 is 0 Å². The van der Waals surface area contributed by atoms with Gasteiger partial charge in [0.05, 0.1) is 24.4 Å². The van der Waals surface area contributed by atoms with Gasteiger partial charge in [-0.3, -0.25) is 4.79 Å². The molecule has 0 saturated carbocycles. The topological polar surface area (TPSA) is 75.4 Å². The lowest BCUT2D eigenvalue weighted by Gasteiger charge is -2.17. The highest BCUT2D eigenvalue weighted by Crippen LogP contribution is 2.23. The molecule has 0 fully saturated rings. The zero-order chi connectivity index (χ0) is 17.5. The maximum Gasteiger partial charge on any atom is 0.220 e. The largest absolute Gasteiger partial charge is 0.441 e. The maximum absolute atomic E-state index is 13.7. The van der Waals surface area contributed by atoms with E-state index in [4.69, 9.17) is 4.42 Å². The molecule has 2 N–H and O–H groups in total. The van der Waals surface area contributed by atoms with E-state index in [-0.39, 0.29) is 30.8 Å². The number of carbonyl (C=O) groups is 1. The lowest BCUT2D eigenvalue weighted by molar-refractivity contribution is -0.122. The molecule has 2 aromatic rings. The van der Waals surface area contributed by atoms with Crippen LogP contribution in [0.25, 0.3) is 11.3 Å². The Morgan fingerprint density at radius 3 is 2.79 bits per heavy atom. The second-order valence-electron chi connectivity index (χ2n) is 6.17. The minimum Gasteiger partial charge on any atom is -0.441 e. The number of aliphatic hydroxyl groups is 1. The van der Waals surface area contributed by atoms with Gasteiger partial charge in [0.1, 0.15) is 5.82 Å². The van der Waals surface area contributed by atoms with Crippen molar-refractivity contribution in [2.75, 3.05) is 6.61 Å². The predicted octanol–water partition coefficient (Wildman–Crippen LogP) is 2.94. The Hall–Kier alpha value is -2.21. The van der Waals surface area contributed by atoms with Crippen LogP contribution in [-0.2, 0) is 11.2 Å². The zero-order valence-electron chi connectivity index (χ0n) is 14.0. The van der Waals surface area contributed by atoms with Crippen molar-refractivity contribution >= 4 is 5.91 Å². The number of nitrogens with zero attached hydrogens (tertiary/aromatic N) is 1. The van der Waals surface area contributed by atoms with E-state index >= 15 is 0 Å². The number of carbonyl (C=O) groups excluding carboxylic acids is 1. The molecule has 0 aliphatic rings. The molecule has 1 heterocycles. The number of hydrogen-bond acceptors (Lipinski definition) is 4. The molecule has 1 aromatic heterocycles. The average molecular weight is 334 g/mol. The number of oxazole rings is 1. The van der Waals surface area contributed by atoms with Gasteiger partial charge in [0, 0.05) is 12.8 Å². The van der Waals surface area contributed by atoms with Gasteiger partial charge in [0.25, 0.3) is 0 Å². The summed E-state index contributed by atoms with van der Waals surface area (Å²) in [4.78, 5) is 16.0. The van der Waals surface area contributed by atoms with Crippen LogP contribution in [0.3, 0.4) is 0 Å². The SMILES string of the molecule is CC(C)CC(CO)NC(=O)CCc1ncc(-c2ccccc2F)o1. The van der Waals surface area contributed by atoms with Crippen LogP contribution in [0.15, 0.2) is 34.9 Å². The Morgan fingerprint density at radius 1 is 1.38 bits per heavy atom. The summed E-state index contributed by atoms with van der Waals surface area (Å²) in [6.07, 6.45) is 2.70. The third kappa shape index (κ3) is 5.16. The van der Waals surface area contributed by atoms with Crippen molar-refractivity contribution < 1.29 is 18.7 Å². The van der Waals surface area contributed by atoms with E-state index in [0.717, 1.165) is 6.42 Å². The van der Waals surface area contributed by atoms with E-state index in [9.17, 15) is 14.3 Å². The summed E-state index contributed by atoms with van der Waals surface area (Å²) in [5.41, 5.74) is 0.345. The molecule has 5 nitrogen and oxygen atoms in total. The molecular weight excluding hydrogens is 311 g/mol. The number of aryl methyl sites for hydroxylation is 1. The first-order chi connectivity index (χ1) is 11.5. The Bertz CT molecular complexity index is 670. The summed E-state index contributed by atoms with van der Waals surface area (Å²) in [5, 5.41) is 12.1. The van der Waals surface area contributed by atoms with Gasteiger partial charge >= 0.3 is 0 Å². The van der Waals surface area contributed by atoms with Crippen molar-refractivity contribution in [3.05, 3.63) is 42.2 Å². The Kier molecular flexibility index (Phi) is 6.49. The van der Waals surface area contributed by atoms with E-state index in [0.29, 0.717) is 29.6 Å². The van der Waals surface area contributed by atoms with Crippen LogP contribution < -0.4 is 5.32 Å². The fraction of sp³-hybridized carbons (Fsp3) is 0.444. The number of amides is 1. The number of hydrogen-bond donors (Lipinski definition) is 2. The van der Waals surface area contributed by atoms with Crippen LogP contribution in [0.4, 0.5) is 4.39 Å². The Labute approximate surface area is 140 Å². The summed E-state index contributed by atoms with van der Waals surface area (Å²) in [7, 11) is 0. The number of benzene rings is 1. The highest BCUT2D eigenvalue weighted by molar-refractivity contribution is 5.76. The second kappa shape index (κ2) is 8.59. The van der Waals surface area contributed by atoms with E-state index in [1.165, 1.54) is 12.3 Å². The first kappa shape index (κ1) is 18.1. The molecular formula is C18H23FN2O3. The third-order valence-corrected chi connectivity index (χ3v) is 3.60. The lowest BCUT2D eigenvalue weighted by Crippen LogP contribution is -2.38. The highest BCUT2D eigenvalue weighted by atomic mass is 19.1. The normalized spacial score (nSPS) is 12.4. The zero-order valence-corrected chi connectivity index (χ0v) is 14.0. The van der Waals surface area contributed by atoms with Gasteiger partial charge < -0.3 is 14.8 Å². The molecule has 1 atom stereocenters. The Morgan fingerprint density at radius 2 is 2.12 bits per heavy atom. The molecule has 1 unspecified atom stereocenters. The molecule has 1 aromatic carbocycles. The van der Waals surface area contributed by atoms with Gasteiger partial charge in [-0.15, -0.1) is 0 Å². The number of aromatic nitrogens is 1. The van der Waals surface area contributed by atoms with Gasteiger partial charge in [-0.1, -0.05) is 26.0 Å². The van der Waals surface area contributed by atoms with Gasteiger partial charge in [0.2, 0.25) is 5.91 Å². The molecule has 0 saturated heterocycles. The minimum absolute atomic E-state index is 0.0830. The first-order valence-corrected chi connectivity index (χ1v) is 8.09. The van der Waals surface area contributed by atoms with Crippen LogP contribution in [-0.4, -0.2) is 28.6 Å². The van der Waals surface area contributed by atoms with Crippen molar-refractivity contribution in [2.24, 2.45) is 5.92 Å². The van der Waals surface area contributed by atoms with Crippen molar-refractivity contribution in [3.8, 4) is 11.3 Å². The summed E-state index contributed by atoms with van der Waals surface area (Å²) in [5.74, 6) is 0.569. The minimum atomic E-state index is -0.377. The summed E-state index contributed by atoms with van der Waals surface area (Å²) in [6.45, 7) is 3.98. The molecule has 0 aliphatic carbocycles. The number of aliphatic hydroxyl groups excluding tert-OH is 1. The van der Waals surface area contributed by atoms with E-state index < -0.39 is 0 Å². The first-order valence-electron chi connectivity index (χ1n) is 8.09. The second-order valence-corrected chi connectivity index (χ2v) is 6.17. The molecule has 0 radical (unpaired) electrons. The molecule has 24 heavy (non-hydrogen) atoms. The molecule has 2 rings (SSSR count). The van der Waals surface area contributed by atoms with Gasteiger partial charge in [-0.05, 0) is 24.5 Å². The fourth-order valence-electron chi connectivity index (χ4n) is 2.48. The van der Waals surface area contributed by atoms with Crippen molar-refractivity contribution in [3.63, 3.8) is 0 Å². The monoisotopic (exact) mass is 334 g/mol. The molecule has 0 spiro atoms. The number of rotatable bonds is 8. The predicted molar refractivity (Wildman–Crippen MR) is 88.7 cm³/mol. The molecule has 1 amide bonds. The number of halogens is 1. The summed E-state index contributed by atoms with van der Waals surface area (Å²) < 4.78 is 19.2. The van der Waals surface area contributed by atoms with Crippen LogP contribution in [0.2, 0.25) is 0 Å². The molecule has 6 heteroatoms. The van der Waals surface area contributed by atoms with Crippen LogP contribution in [0.1, 0.15) is 32.6 Å². The van der Waals surface area contributed by atoms with Gasteiger partial charge in [-0.2, -0.15) is 0 Å². The lowest BCUT2D eigenvalue weighted by atomic mass is 10.0. The summed E-state index contributed by atoms with van der Waals surface area (Å²) >= 11 is 0. The molecule has 130 valence electrons. The maximum atomic E-state index is 13.7. The van der Waals surface area contributed by atoms with Gasteiger partial charge in [-0.25, -0.2) is 9.37 Å². The highest BCUT2D eigenvalue weighted by Gasteiger charge is 2.15. The van der Waals surface area contributed by atoms with E-state index in [1.807, 2.05) is 13.8 Å². The Balaban J connectivity index is 1.89. The van der Waals surface area contributed by atoms with Gasteiger partial charge in [0.15, 0.2) is 11.7 Å². The van der Waals surface area contributed by atoms with Crippen molar-refractivity contribution in [1.82, 2.24) is 10.3 Å². The summed E-state index contributed by atoms with van der Waals surface area (Å²) in [6, 6.07) is 6.06. The quantitative estimate of drug-likeness (QED) is 0.778. The van der Waals surface area contributed by atoms with E-state index in [1.54, 1.807) is 18.2 Å². The standard InChI is InChI=1S/C18H23FN2O3/c1-12(2)9-13(11-22)21-17(23)7-8-18-20-10-16(24-18)14-5-3-4-6-15(14)19/h3-6,10,12-13,22H,7-9,11H2,1-2H3,(H,21,23). The fourth-order valence-corrected chi connectivity index (χ4v) is 2.48. The molecule has 0 bridgehead atoms. The van der Waals surface area contributed by atoms with E-state index in [2.05, 4.69) is 10.3 Å².